The van der Waals surface area contributed by atoms with Crippen molar-refractivity contribution in [3.63, 3.8) is 0 Å². The molecule has 0 atom stereocenters. The third-order valence-corrected chi connectivity index (χ3v) is 4.83. The van der Waals surface area contributed by atoms with Gasteiger partial charge in [0, 0.05) is 0 Å². The zero-order chi connectivity index (χ0) is 9.38. The molecule has 3 fully saturated rings. The highest BCUT2D eigenvalue weighted by atomic mass is 15.1. The third-order valence-electron chi connectivity index (χ3n) is 4.83. The summed E-state index contributed by atoms with van der Waals surface area (Å²) in [5.41, 5.74) is 0. The van der Waals surface area contributed by atoms with Crippen LogP contribution in [0.4, 0.5) is 0 Å². The molecule has 0 aliphatic carbocycles. The van der Waals surface area contributed by atoms with Crippen LogP contribution >= 0.6 is 0 Å². The highest BCUT2D eigenvalue weighted by Crippen LogP contribution is 2.47. The molecular formula is C12H22BN. The second-order valence-corrected chi connectivity index (χ2v) is 5.62. The van der Waals surface area contributed by atoms with Gasteiger partial charge in [-0.15, -0.1) is 0 Å². The molecule has 2 heteroatoms. The lowest BCUT2D eigenvalue weighted by molar-refractivity contribution is 0.385. The highest BCUT2D eigenvalue weighted by Gasteiger charge is 2.43. The van der Waals surface area contributed by atoms with Crippen molar-refractivity contribution in [3.8, 4) is 0 Å². The Labute approximate surface area is 88.3 Å². The average Bonchev–Trinajstić information content (AvgIpc) is 2.69. The predicted octanol–water partition coefficient (Wildman–Crippen LogP) is 3.18. The quantitative estimate of drug-likeness (QED) is 0.575. The first-order valence-electron chi connectivity index (χ1n) is 6.69. The minimum Gasteiger partial charge on any atom is -0.341 e. The molecule has 3 heterocycles. The Bertz CT molecular complexity index is 176. The monoisotopic (exact) mass is 191 g/mol. The molecule has 3 rings (SSSR count). The maximum Gasteiger partial charge on any atom is 0.229 e. The summed E-state index contributed by atoms with van der Waals surface area (Å²) >= 11 is 0. The van der Waals surface area contributed by atoms with Crippen molar-refractivity contribution in [2.75, 3.05) is 13.1 Å². The first-order valence-corrected chi connectivity index (χ1v) is 6.69. The van der Waals surface area contributed by atoms with Gasteiger partial charge in [-0.3, -0.25) is 0 Å². The van der Waals surface area contributed by atoms with Gasteiger partial charge in [-0.2, -0.15) is 0 Å². The second kappa shape index (κ2) is 3.88. The van der Waals surface area contributed by atoms with Crippen molar-refractivity contribution in [1.82, 2.24) is 4.81 Å². The zero-order valence-corrected chi connectivity index (χ0v) is 9.25. The maximum atomic E-state index is 2.84. The number of hydrogen-bond donors (Lipinski definition) is 0. The standard InChI is InChI=1S/C12H22BN/c1-2-10-14(9-1)13-11-5-3-6-12(13)8-4-7-11/h11-12H,1-10H2. The van der Waals surface area contributed by atoms with Gasteiger partial charge < -0.3 is 4.81 Å². The molecule has 2 bridgehead atoms. The molecule has 0 aromatic heterocycles. The van der Waals surface area contributed by atoms with Gasteiger partial charge in [0.25, 0.3) is 0 Å². The molecule has 0 spiro atoms. The molecule has 0 unspecified atom stereocenters. The highest BCUT2D eigenvalue weighted by molar-refractivity contribution is 6.59. The van der Waals surface area contributed by atoms with Crippen LogP contribution in [0, 0.1) is 0 Å². The maximum absolute atomic E-state index is 2.84. The molecule has 0 aromatic rings. The Balaban J connectivity index is 1.75. The number of rotatable bonds is 1. The molecule has 0 amide bonds. The van der Waals surface area contributed by atoms with Crippen molar-refractivity contribution in [1.29, 1.82) is 0 Å². The smallest absolute Gasteiger partial charge is 0.229 e. The van der Waals surface area contributed by atoms with Crippen molar-refractivity contribution >= 4 is 6.85 Å². The lowest BCUT2D eigenvalue weighted by atomic mass is 9.33. The van der Waals surface area contributed by atoms with E-state index in [1.54, 1.807) is 0 Å². The first kappa shape index (κ1) is 9.27. The van der Waals surface area contributed by atoms with Gasteiger partial charge in [-0.05, 0) is 37.6 Å². The lowest BCUT2D eigenvalue weighted by Crippen LogP contribution is -2.48. The molecule has 0 radical (unpaired) electrons. The van der Waals surface area contributed by atoms with Crippen LogP contribution < -0.4 is 0 Å². The minimum atomic E-state index is 1.01. The molecule has 0 saturated carbocycles. The van der Waals surface area contributed by atoms with E-state index >= 15 is 0 Å². The van der Waals surface area contributed by atoms with Crippen LogP contribution in [0.15, 0.2) is 0 Å². The van der Waals surface area contributed by atoms with Crippen molar-refractivity contribution in [3.05, 3.63) is 0 Å². The fraction of sp³-hybridized carbons (Fsp3) is 1.00. The predicted molar refractivity (Wildman–Crippen MR) is 61.8 cm³/mol. The SMILES string of the molecule is C1CC2CCCC(C1)B2N1CCCC1. The zero-order valence-electron chi connectivity index (χ0n) is 9.25. The van der Waals surface area contributed by atoms with Crippen LogP contribution in [-0.4, -0.2) is 24.7 Å². The molecule has 78 valence electrons. The molecule has 3 saturated heterocycles. The average molecular weight is 191 g/mol. The second-order valence-electron chi connectivity index (χ2n) is 5.62. The van der Waals surface area contributed by atoms with Crippen LogP contribution in [0.25, 0.3) is 0 Å². The summed E-state index contributed by atoms with van der Waals surface area (Å²) in [5, 5.41) is 0. The molecule has 1 nitrogen and oxygen atoms in total. The largest absolute Gasteiger partial charge is 0.341 e. The van der Waals surface area contributed by atoms with Crippen LogP contribution in [0.5, 0.6) is 0 Å². The van der Waals surface area contributed by atoms with E-state index in [2.05, 4.69) is 4.81 Å². The summed E-state index contributed by atoms with van der Waals surface area (Å²) in [6.07, 6.45) is 12.1. The fourth-order valence-electron chi connectivity index (χ4n) is 4.28. The van der Waals surface area contributed by atoms with E-state index in [0.717, 1.165) is 18.5 Å². The number of fused-ring (bicyclic) bond motifs is 2. The van der Waals surface area contributed by atoms with Gasteiger partial charge in [-0.25, -0.2) is 0 Å². The Morgan fingerprint density at radius 3 is 1.71 bits per heavy atom. The minimum absolute atomic E-state index is 1.01. The fourth-order valence-corrected chi connectivity index (χ4v) is 4.28. The Morgan fingerprint density at radius 1 is 0.714 bits per heavy atom. The normalized spacial score (nSPS) is 39.0. The van der Waals surface area contributed by atoms with Gasteiger partial charge in [0.1, 0.15) is 0 Å². The number of hydrogen-bond acceptors (Lipinski definition) is 1. The molecule has 0 N–H and O–H groups in total. The van der Waals surface area contributed by atoms with E-state index in [1.165, 1.54) is 64.5 Å². The Hall–Kier alpha value is 0.0249. The van der Waals surface area contributed by atoms with E-state index in [4.69, 9.17) is 0 Å². The summed E-state index contributed by atoms with van der Waals surface area (Å²) in [5.74, 6) is 2.17. The van der Waals surface area contributed by atoms with Gasteiger partial charge in [0.2, 0.25) is 6.85 Å². The summed E-state index contributed by atoms with van der Waals surface area (Å²) in [4.78, 5) is 2.84. The van der Waals surface area contributed by atoms with Gasteiger partial charge in [-0.1, -0.05) is 38.5 Å². The molecule has 0 aromatic carbocycles. The molecule has 3 aliphatic rings. The van der Waals surface area contributed by atoms with Crippen LogP contribution in [-0.2, 0) is 0 Å². The van der Waals surface area contributed by atoms with Gasteiger partial charge >= 0.3 is 0 Å². The topological polar surface area (TPSA) is 3.24 Å². The van der Waals surface area contributed by atoms with Crippen molar-refractivity contribution < 1.29 is 0 Å². The van der Waals surface area contributed by atoms with E-state index < -0.39 is 0 Å². The summed E-state index contributed by atoms with van der Waals surface area (Å²) in [6, 6.07) is 0. The summed E-state index contributed by atoms with van der Waals surface area (Å²) in [7, 11) is 0. The van der Waals surface area contributed by atoms with E-state index in [1.807, 2.05) is 0 Å². The number of nitrogens with zero attached hydrogens (tertiary/aromatic N) is 1. The summed E-state index contributed by atoms with van der Waals surface area (Å²) < 4.78 is 0. The van der Waals surface area contributed by atoms with Crippen molar-refractivity contribution in [2.45, 2.75) is 63.0 Å². The van der Waals surface area contributed by atoms with Gasteiger partial charge in [0.15, 0.2) is 0 Å². The van der Waals surface area contributed by atoms with Crippen LogP contribution in [0.3, 0.4) is 0 Å². The molecule has 14 heavy (non-hydrogen) atoms. The van der Waals surface area contributed by atoms with Gasteiger partial charge in [0.05, 0.1) is 0 Å². The molecular weight excluding hydrogens is 169 g/mol. The Morgan fingerprint density at radius 2 is 1.21 bits per heavy atom. The van der Waals surface area contributed by atoms with E-state index in [-0.39, 0.29) is 0 Å². The third kappa shape index (κ3) is 1.52. The van der Waals surface area contributed by atoms with Crippen LogP contribution in [0.1, 0.15) is 51.4 Å². The first-order chi connectivity index (χ1) is 6.95. The summed E-state index contributed by atoms with van der Waals surface area (Å²) in [6.45, 7) is 3.84. The van der Waals surface area contributed by atoms with E-state index in [0.29, 0.717) is 0 Å². The van der Waals surface area contributed by atoms with Crippen molar-refractivity contribution in [2.24, 2.45) is 0 Å². The van der Waals surface area contributed by atoms with Crippen LogP contribution in [0.2, 0.25) is 11.6 Å². The van der Waals surface area contributed by atoms with E-state index in [9.17, 15) is 0 Å². The lowest BCUT2D eigenvalue weighted by Gasteiger charge is -2.44. The molecule has 3 aliphatic heterocycles. The Kier molecular flexibility index (Phi) is 2.57.